The van der Waals surface area contributed by atoms with E-state index in [0.717, 1.165) is 56.4 Å². The number of allylic oxidation sites excluding steroid dienone is 2. The summed E-state index contributed by atoms with van der Waals surface area (Å²) in [5.41, 5.74) is -0.857. The fourth-order valence-electron chi connectivity index (χ4n) is 3.39. The zero-order valence-corrected chi connectivity index (χ0v) is 16.8. The Hall–Kier alpha value is -1.05. The number of halogens is 4. The summed E-state index contributed by atoms with van der Waals surface area (Å²) in [5.74, 6) is 1.54. The molecule has 0 aromatic heterocycles. The summed E-state index contributed by atoms with van der Waals surface area (Å²) in [7, 11) is -2.31. The molecule has 8 heteroatoms. The van der Waals surface area contributed by atoms with Gasteiger partial charge in [-0.3, -0.25) is 0 Å². The lowest BCUT2D eigenvalue weighted by atomic mass is 9.80. The summed E-state index contributed by atoms with van der Waals surface area (Å²) in [6.45, 7) is 0.357. The Balaban J connectivity index is 1.89. The number of rotatable bonds is 7. The standard InChI is InChI=1S/C19H25ClF3NO2S/c1-24(14-12-16-6-4-15(5-7-16)3-2-13-20)27(25,26)18-10-8-17(9-11-18)19(21,22)23/h2-3,8-11,15-16H,4-7,12-14H2,1H3. The molecule has 1 fully saturated rings. The highest BCUT2D eigenvalue weighted by molar-refractivity contribution is 7.89. The van der Waals surface area contributed by atoms with Gasteiger partial charge in [0.15, 0.2) is 0 Å². The van der Waals surface area contributed by atoms with Crippen LogP contribution in [0, 0.1) is 11.8 Å². The molecule has 1 aliphatic rings. The predicted molar refractivity (Wildman–Crippen MR) is 101 cm³/mol. The molecule has 0 bridgehead atoms. The number of hydrogen-bond donors (Lipinski definition) is 0. The Labute approximate surface area is 164 Å². The first kappa shape index (κ1) is 22.2. The summed E-state index contributed by atoms with van der Waals surface area (Å²) < 4.78 is 64.2. The van der Waals surface area contributed by atoms with Crippen molar-refractivity contribution in [1.82, 2.24) is 4.31 Å². The van der Waals surface area contributed by atoms with E-state index >= 15 is 0 Å². The summed E-state index contributed by atoms with van der Waals surface area (Å²) in [4.78, 5) is -0.118. The minimum Gasteiger partial charge on any atom is -0.207 e. The van der Waals surface area contributed by atoms with Crippen molar-refractivity contribution < 1.29 is 21.6 Å². The van der Waals surface area contributed by atoms with Gasteiger partial charge in [-0.25, -0.2) is 12.7 Å². The van der Waals surface area contributed by atoms with Crippen LogP contribution < -0.4 is 0 Å². The second-order valence-corrected chi connectivity index (χ2v) is 9.35. The van der Waals surface area contributed by atoms with E-state index in [4.69, 9.17) is 11.6 Å². The lowest BCUT2D eigenvalue weighted by molar-refractivity contribution is -0.137. The summed E-state index contributed by atoms with van der Waals surface area (Å²) >= 11 is 5.65. The highest BCUT2D eigenvalue weighted by atomic mass is 35.5. The molecular weight excluding hydrogens is 399 g/mol. The molecule has 0 unspecified atom stereocenters. The molecule has 0 N–H and O–H groups in total. The van der Waals surface area contributed by atoms with Gasteiger partial charge in [0, 0.05) is 19.5 Å². The van der Waals surface area contributed by atoms with E-state index in [-0.39, 0.29) is 4.90 Å². The second kappa shape index (κ2) is 9.43. The first-order valence-corrected chi connectivity index (χ1v) is 11.0. The Morgan fingerprint density at radius 1 is 1.15 bits per heavy atom. The van der Waals surface area contributed by atoms with Gasteiger partial charge < -0.3 is 0 Å². The maximum absolute atomic E-state index is 12.6. The second-order valence-electron chi connectivity index (χ2n) is 7.00. The van der Waals surface area contributed by atoms with Crippen LogP contribution in [-0.4, -0.2) is 32.2 Å². The number of nitrogens with zero attached hydrogens (tertiary/aromatic N) is 1. The van der Waals surface area contributed by atoms with E-state index in [9.17, 15) is 21.6 Å². The molecule has 0 amide bonds. The van der Waals surface area contributed by atoms with Crippen LogP contribution in [0.1, 0.15) is 37.7 Å². The van der Waals surface area contributed by atoms with Crippen molar-refractivity contribution in [1.29, 1.82) is 0 Å². The van der Waals surface area contributed by atoms with Crippen LogP contribution in [0.25, 0.3) is 0 Å². The van der Waals surface area contributed by atoms with Crippen LogP contribution in [-0.2, 0) is 16.2 Å². The minimum atomic E-state index is -4.48. The maximum atomic E-state index is 12.6. The highest BCUT2D eigenvalue weighted by Gasteiger charge is 2.31. The Bertz CT molecular complexity index is 724. The van der Waals surface area contributed by atoms with Gasteiger partial charge in [-0.15, -0.1) is 11.6 Å². The molecule has 3 nitrogen and oxygen atoms in total. The summed E-state index contributed by atoms with van der Waals surface area (Å²) in [5, 5.41) is 0. The first-order valence-electron chi connectivity index (χ1n) is 9.01. The molecule has 152 valence electrons. The number of hydrogen-bond acceptors (Lipinski definition) is 2. The summed E-state index contributed by atoms with van der Waals surface area (Å²) in [6, 6.07) is 3.64. The van der Waals surface area contributed by atoms with Crippen LogP contribution >= 0.6 is 11.6 Å². The average molecular weight is 424 g/mol. The molecule has 0 atom stereocenters. The van der Waals surface area contributed by atoms with E-state index < -0.39 is 21.8 Å². The predicted octanol–water partition coefficient (Wildman–Crippen LogP) is 5.32. The van der Waals surface area contributed by atoms with Gasteiger partial charge >= 0.3 is 6.18 Å². The van der Waals surface area contributed by atoms with Crippen molar-refractivity contribution >= 4 is 21.6 Å². The van der Waals surface area contributed by atoms with Gasteiger partial charge in [0.1, 0.15) is 0 Å². The van der Waals surface area contributed by atoms with E-state index in [1.807, 2.05) is 6.08 Å². The third-order valence-corrected chi connectivity index (χ3v) is 7.18. The normalized spacial score (nSPS) is 21.9. The van der Waals surface area contributed by atoms with Crippen LogP contribution in [0.2, 0.25) is 0 Å². The topological polar surface area (TPSA) is 37.4 Å². The molecular formula is C19H25ClF3NO2S. The van der Waals surface area contributed by atoms with Gasteiger partial charge in [0.2, 0.25) is 10.0 Å². The maximum Gasteiger partial charge on any atom is 0.416 e. The van der Waals surface area contributed by atoms with Gasteiger partial charge in [-0.05, 0) is 68.2 Å². The van der Waals surface area contributed by atoms with Crippen molar-refractivity contribution in [2.24, 2.45) is 11.8 Å². The van der Waals surface area contributed by atoms with Crippen LogP contribution in [0.3, 0.4) is 0 Å². The zero-order valence-electron chi connectivity index (χ0n) is 15.3. The Kier molecular flexibility index (Phi) is 7.77. The van der Waals surface area contributed by atoms with Crippen molar-refractivity contribution in [3.05, 3.63) is 42.0 Å². The molecule has 0 aliphatic heterocycles. The lowest BCUT2D eigenvalue weighted by Crippen LogP contribution is -2.29. The van der Waals surface area contributed by atoms with Crippen LogP contribution in [0.4, 0.5) is 13.2 Å². The van der Waals surface area contributed by atoms with Crippen LogP contribution in [0.15, 0.2) is 41.3 Å². The fraction of sp³-hybridized carbons (Fsp3) is 0.579. The Morgan fingerprint density at radius 2 is 1.74 bits per heavy atom. The van der Waals surface area contributed by atoms with Crippen molar-refractivity contribution in [3.63, 3.8) is 0 Å². The molecule has 27 heavy (non-hydrogen) atoms. The minimum absolute atomic E-state index is 0.118. The van der Waals surface area contributed by atoms with Gasteiger partial charge in [0.25, 0.3) is 0 Å². The zero-order chi connectivity index (χ0) is 20.1. The van der Waals surface area contributed by atoms with Gasteiger partial charge in [0.05, 0.1) is 10.5 Å². The van der Waals surface area contributed by atoms with E-state index in [1.54, 1.807) is 0 Å². The van der Waals surface area contributed by atoms with E-state index in [0.29, 0.717) is 24.3 Å². The number of alkyl halides is 4. The van der Waals surface area contributed by atoms with Gasteiger partial charge in [-0.1, -0.05) is 12.2 Å². The van der Waals surface area contributed by atoms with Crippen molar-refractivity contribution in [2.75, 3.05) is 19.5 Å². The third kappa shape index (κ3) is 6.22. The molecule has 0 saturated heterocycles. The average Bonchev–Trinajstić information content (AvgIpc) is 2.64. The van der Waals surface area contributed by atoms with Crippen molar-refractivity contribution in [2.45, 2.75) is 43.2 Å². The van der Waals surface area contributed by atoms with E-state index in [2.05, 4.69) is 6.08 Å². The van der Waals surface area contributed by atoms with Crippen molar-refractivity contribution in [3.8, 4) is 0 Å². The lowest BCUT2D eigenvalue weighted by Gasteiger charge is -2.28. The molecule has 1 aromatic carbocycles. The largest absolute Gasteiger partial charge is 0.416 e. The van der Waals surface area contributed by atoms with E-state index in [1.165, 1.54) is 11.4 Å². The highest BCUT2D eigenvalue weighted by Crippen LogP contribution is 2.32. The molecule has 0 heterocycles. The molecule has 1 aliphatic carbocycles. The quantitative estimate of drug-likeness (QED) is 0.439. The number of sulfonamides is 1. The molecule has 2 rings (SSSR count). The first-order chi connectivity index (χ1) is 12.6. The monoisotopic (exact) mass is 423 g/mol. The molecule has 1 aromatic rings. The van der Waals surface area contributed by atoms with Gasteiger partial charge in [-0.2, -0.15) is 13.2 Å². The third-order valence-electron chi connectivity index (χ3n) is 5.13. The smallest absolute Gasteiger partial charge is 0.207 e. The number of benzene rings is 1. The Morgan fingerprint density at radius 3 is 2.26 bits per heavy atom. The van der Waals surface area contributed by atoms with Crippen LogP contribution in [0.5, 0.6) is 0 Å². The molecule has 0 radical (unpaired) electrons. The molecule has 1 saturated carbocycles. The SMILES string of the molecule is CN(CCC1CCC(C=CCCl)CC1)S(=O)(=O)c1ccc(C(F)(F)F)cc1. The summed E-state index contributed by atoms with van der Waals surface area (Å²) in [6.07, 6.45) is 4.65. The molecule has 0 spiro atoms. The fourth-order valence-corrected chi connectivity index (χ4v) is 4.68.